The Morgan fingerprint density at radius 3 is 2.89 bits per heavy atom. The summed E-state index contributed by atoms with van der Waals surface area (Å²) in [6.45, 7) is 4.30. The normalized spacial score (nSPS) is 15.7. The van der Waals surface area contributed by atoms with Crippen molar-refractivity contribution in [1.82, 2.24) is 9.38 Å². The van der Waals surface area contributed by atoms with E-state index >= 15 is 0 Å². The van der Waals surface area contributed by atoms with Gasteiger partial charge in [0.1, 0.15) is 5.65 Å². The number of halogens is 1. The van der Waals surface area contributed by atoms with Gasteiger partial charge >= 0.3 is 0 Å². The van der Waals surface area contributed by atoms with Crippen LogP contribution >= 0.6 is 11.6 Å². The number of alkyl halides is 1. The Bertz CT molecular complexity index is 560. The lowest BCUT2D eigenvalue weighted by Crippen LogP contribution is -2.33. The van der Waals surface area contributed by atoms with Gasteiger partial charge in [-0.05, 0) is 37.8 Å². The van der Waals surface area contributed by atoms with Gasteiger partial charge in [-0.15, -0.1) is 11.6 Å². The van der Waals surface area contributed by atoms with Crippen molar-refractivity contribution in [3.8, 4) is 0 Å². The SMILES string of the molecule is CCN(CC1CCC1)c1nc2ccccn2c1CCl. The van der Waals surface area contributed by atoms with Gasteiger partial charge in [0, 0.05) is 19.3 Å². The van der Waals surface area contributed by atoms with Crippen LogP contribution in [0.5, 0.6) is 0 Å². The molecular weight excluding hydrogens is 258 g/mol. The maximum Gasteiger partial charge on any atom is 0.152 e. The van der Waals surface area contributed by atoms with E-state index in [-0.39, 0.29) is 0 Å². The zero-order valence-corrected chi connectivity index (χ0v) is 12.1. The van der Waals surface area contributed by atoms with E-state index in [1.807, 2.05) is 24.4 Å². The molecule has 0 spiro atoms. The number of pyridine rings is 1. The second-order valence-electron chi connectivity index (χ2n) is 5.28. The van der Waals surface area contributed by atoms with Crippen LogP contribution < -0.4 is 4.90 Å². The monoisotopic (exact) mass is 277 g/mol. The van der Waals surface area contributed by atoms with E-state index in [2.05, 4.69) is 16.2 Å². The molecule has 2 aromatic rings. The predicted octanol–water partition coefficient (Wildman–Crippen LogP) is 3.70. The van der Waals surface area contributed by atoms with E-state index in [1.165, 1.54) is 19.3 Å². The molecule has 0 unspecified atom stereocenters. The van der Waals surface area contributed by atoms with Crippen molar-refractivity contribution >= 4 is 23.1 Å². The quantitative estimate of drug-likeness (QED) is 0.777. The molecule has 3 rings (SSSR count). The lowest BCUT2D eigenvalue weighted by molar-refractivity contribution is 0.318. The second-order valence-corrected chi connectivity index (χ2v) is 5.55. The summed E-state index contributed by atoms with van der Waals surface area (Å²) in [5.41, 5.74) is 2.10. The Morgan fingerprint density at radius 1 is 1.42 bits per heavy atom. The zero-order valence-electron chi connectivity index (χ0n) is 11.3. The van der Waals surface area contributed by atoms with Crippen LogP contribution in [-0.4, -0.2) is 22.5 Å². The van der Waals surface area contributed by atoms with Crippen LogP contribution in [0.4, 0.5) is 5.82 Å². The first-order chi connectivity index (χ1) is 9.33. The maximum absolute atomic E-state index is 6.15. The summed E-state index contributed by atoms with van der Waals surface area (Å²) in [5, 5.41) is 0. The Labute approximate surface area is 119 Å². The molecule has 0 atom stereocenters. The minimum Gasteiger partial charge on any atom is -0.355 e. The fraction of sp³-hybridized carbons (Fsp3) is 0.533. The number of hydrogen-bond acceptors (Lipinski definition) is 2. The minimum atomic E-state index is 0.502. The molecule has 102 valence electrons. The smallest absolute Gasteiger partial charge is 0.152 e. The van der Waals surface area contributed by atoms with Crippen molar-refractivity contribution in [3.05, 3.63) is 30.1 Å². The summed E-state index contributed by atoms with van der Waals surface area (Å²) in [6, 6.07) is 6.08. The van der Waals surface area contributed by atoms with Gasteiger partial charge in [0.25, 0.3) is 0 Å². The van der Waals surface area contributed by atoms with Gasteiger partial charge in [0.2, 0.25) is 0 Å². The molecule has 4 heteroatoms. The molecule has 2 heterocycles. The van der Waals surface area contributed by atoms with Gasteiger partial charge in [0.15, 0.2) is 5.82 Å². The summed E-state index contributed by atoms with van der Waals surface area (Å²) in [5.74, 6) is 2.41. The Morgan fingerprint density at radius 2 is 2.26 bits per heavy atom. The lowest BCUT2D eigenvalue weighted by atomic mass is 9.85. The van der Waals surface area contributed by atoms with Crippen LogP contribution in [0.2, 0.25) is 0 Å². The zero-order chi connectivity index (χ0) is 13.2. The molecule has 3 nitrogen and oxygen atoms in total. The average molecular weight is 278 g/mol. The molecule has 2 aromatic heterocycles. The van der Waals surface area contributed by atoms with Crippen LogP contribution in [0, 0.1) is 5.92 Å². The molecule has 0 bridgehead atoms. The minimum absolute atomic E-state index is 0.502. The molecule has 0 N–H and O–H groups in total. The Hall–Kier alpha value is -1.22. The lowest BCUT2D eigenvalue weighted by Gasteiger charge is -2.32. The van der Waals surface area contributed by atoms with E-state index < -0.39 is 0 Å². The fourth-order valence-electron chi connectivity index (χ4n) is 2.76. The molecule has 1 fully saturated rings. The van der Waals surface area contributed by atoms with Gasteiger partial charge in [-0.1, -0.05) is 12.5 Å². The predicted molar refractivity (Wildman–Crippen MR) is 80.0 cm³/mol. The van der Waals surface area contributed by atoms with E-state index in [0.717, 1.165) is 36.2 Å². The summed E-state index contributed by atoms with van der Waals surface area (Å²) in [4.78, 5) is 7.15. The largest absolute Gasteiger partial charge is 0.355 e. The first kappa shape index (κ1) is 12.8. The number of rotatable bonds is 5. The van der Waals surface area contributed by atoms with Crippen molar-refractivity contribution in [1.29, 1.82) is 0 Å². The first-order valence-corrected chi connectivity index (χ1v) is 7.63. The molecule has 1 aliphatic rings. The van der Waals surface area contributed by atoms with Crippen molar-refractivity contribution in [2.45, 2.75) is 32.1 Å². The topological polar surface area (TPSA) is 20.5 Å². The molecule has 19 heavy (non-hydrogen) atoms. The van der Waals surface area contributed by atoms with Crippen LogP contribution in [0.25, 0.3) is 5.65 Å². The fourth-order valence-corrected chi connectivity index (χ4v) is 3.01. The number of hydrogen-bond donors (Lipinski definition) is 0. The summed E-state index contributed by atoms with van der Waals surface area (Å²) in [7, 11) is 0. The van der Waals surface area contributed by atoms with E-state index in [1.54, 1.807) is 0 Å². The van der Waals surface area contributed by atoms with Crippen molar-refractivity contribution < 1.29 is 0 Å². The van der Waals surface area contributed by atoms with Crippen LogP contribution in [0.15, 0.2) is 24.4 Å². The average Bonchev–Trinajstić information content (AvgIpc) is 2.76. The maximum atomic E-state index is 6.15. The molecule has 1 saturated carbocycles. The number of imidazole rings is 1. The van der Waals surface area contributed by atoms with E-state index in [4.69, 9.17) is 16.6 Å². The molecule has 0 amide bonds. The summed E-state index contributed by atoms with van der Waals surface area (Å²) >= 11 is 6.15. The highest BCUT2D eigenvalue weighted by Gasteiger charge is 2.23. The molecule has 0 saturated heterocycles. The Kier molecular flexibility index (Phi) is 3.65. The number of nitrogens with zero attached hydrogens (tertiary/aromatic N) is 3. The number of aromatic nitrogens is 2. The van der Waals surface area contributed by atoms with Crippen molar-refractivity contribution in [2.75, 3.05) is 18.0 Å². The first-order valence-electron chi connectivity index (χ1n) is 7.10. The standard InChI is InChI=1S/C15H20ClN3/c1-2-18(11-12-6-5-7-12)15-13(10-16)19-9-4-3-8-14(19)17-15/h3-4,8-9,12H,2,5-7,10-11H2,1H3. The van der Waals surface area contributed by atoms with E-state index in [0.29, 0.717) is 5.88 Å². The third-order valence-corrected chi connectivity index (χ3v) is 4.37. The molecule has 0 radical (unpaired) electrons. The summed E-state index contributed by atoms with van der Waals surface area (Å²) in [6.07, 6.45) is 6.15. The van der Waals surface area contributed by atoms with Crippen LogP contribution in [0.1, 0.15) is 31.9 Å². The van der Waals surface area contributed by atoms with Gasteiger partial charge in [0.05, 0.1) is 11.6 Å². The highest BCUT2D eigenvalue weighted by molar-refractivity contribution is 6.17. The number of anilines is 1. The van der Waals surface area contributed by atoms with Gasteiger partial charge in [-0.2, -0.15) is 0 Å². The van der Waals surface area contributed by atoms with Gasteiger partial charge in [-0.3, -0.25) is 0 Å². The molecule has 1 aliphatic carbocycles. The van der Waals surface area contributed by atoms with Crippen LogP contribution in [-0.2, 0) is 5.88 Å². The van der Waals surface area contributed by atoms with Gasteiger partial charge in [-0.25, -0.2) is 4.98 Å². The Balaban J connectivity index is 1.96. The number of fused-ring (bicyclic) bond motifs is 1. The van der Waals surface area contributed by atoms with Crippen molar-refractivity contribution in [3.63, 3.8) is 0 Å². The third-order valence-electron chi connectivity index (χ3n) is 4.12. The highest BCUT2D eigenvalue weighted by Crippen LogP contribution is 2.30. The molecule has 0 aromatic carbocycles. The third kappa shape index (κ3) is 2.32. The van der Waals surface area contributed by atoms with Gasteiger partial charge < -0.3 is 9.30 Å². The van der Waals surface area contributed by atoms with Crippen molar-refractivity contribution in [2.24, 2.45) is 5.92 Å². The van der Waals surface area contributed by atoms with E-state index in [9.17, 15) is 0 Å². The molecule has 0 aliphatic heterocycles. The summed E-state index contributed by atoms with van der Waals surface area (Å²) < 4.78 is 2.10. The highest BCUT2D eigenvalue weighted by atomic mass is 35.5. The second kappa shape index (κ2) is 5.41. The molecular formula is C15H20ClN3. The van der Waals surface area contributed by atoms with Crippen LogP contribution in [0.3, 0.4) is 0 Å².